The van der Waals surface area contributed by atoms with Crippen LogP contribution in [0.1, 0.15) is 32.1 Å². The molecule has 0 nitrogen and oxygen atoms in total. The largest absolute Gasteiger partial charge is 0.0883 e. The highest BCUT2D eigenvalue weighted by atomic mass is 79.9. The van der Waals surface area contributed by atoms with E-state index in [9.17, 15) is 0 Å². The first-order valence-electron chi connectivity index (χ1n) is 4.16. The Morgan fingerprint density at radius 2 is 1.90 bits per heavy atom. The Morgan fingerprint density at radius 1 is 1.20 bits per heavy atom. The lowest BCUT2D eigenvalue weighted by Gasteiger charge is -2.17. The van der Waals surface area contributed by atoms with Crippen molar-refractivity contribution in [3.63, 3.8) is 0 Å². The maximum absolute atomic E-state index is 3.39. The molecule has 0 radical (unpaired) electrons. The number of halogens is 1. The summed E-state index contributed by atoms with van der Waals surface area (Å²) in [5.74, 6) is 0.895. The molecule has 0 heterocycles. The van der Waals surface area contributed by atoms with Crippen LogP contribution in [0.3, 0.4) is 0 Å². The Labute approximate surface area is 71.8 Å². The standard InChI is InChI=1S/C9H15Br/c10-8-4-7-9-5-2-1-3-6-9/h4,7,9H,1-3,5-6,8H2. The SMILES string of the molecule is BrCC=CC1CCCCC1. The zero-order valence-corrected chi connectivity index (χ0v) is 7.94. The molecule has 1 fully saturated rings. The van der Waals surface area contributed by atoms with Crippen LogP contribution in [0.25, 0.3) is 0 Å². The van der Waals surface area contributed by atoms with E-state index in [2.05, 4.69) is 28.1 Å². The molecule has 0 spiro atoms. The van der Waals surface area contributed by atoms with E-state index in [0.29, 0.717) is 0 Å². The van der Waals surface area contributed by atoms with E-state index in [1.54, 1.807) is 0 Å². The topological polar surface area (TPSA) is 0 Å². The first-order valence-corrected chi connectivity index (χ1v) is 5.28. The minimum atomic E-state index is 0.895. The van der Waals surface area contributed by atoms with Crippen LogP contribution in [-0.4, -0.2) is 5.33 Å². The van der Waals surface area contributed by atoms with Crippen LogP contribution in [0.5, 0.6) is 0 Å². The van der Waals surface area contributed by atoms with E-state index in [1.165, 1.54) is 32.1 Å². The third kappa shape index (κ3) is 2.87. The van der Waals surface area contributed by atoms with Crippen molar-refractivity contribution in [2.45, 2.75) is 32.1 Å². The van der Waals surface area contributed by atoms with Gasteiger partial charge in [0.05, 0.1) is 0 Å². The average molecular weight is 203 g/mol. The molecular formula is C9H15Br. The third-order valence-electron chi connectivity index (χ3n) is 2.15. The molecule has 0 aromatic heterocycles. The van der Waals surface area contributed by atoms with Gasteiger partial charge in [-0.15, -0.1) is 0 Å². The molecule has 1 rings (SSSR count). The summed E-state index contributed by atoms with van der Waals surface area (Å²) >= 11 is 3.39. The fourth-order valence-corrected chi connectivity index (χ4v) is 1.79. The van der Waals surface area contributed by atoms with E-state index in [-0.39, 0.29) is 0 Å². The molecule has 0 atom stereocenters. The highest BCUT2D eigenvalue weighted by Crippen LogP contribution is 2.24. The van der Waals surface area contributed by atoms with Crippen molar-refractivity contribution >= 4 is 15.9 Å². The van der Waals surface area contributed by atoms with Gasteiger partial charge in [0.1, 0.15) is 0 Å². The van der Waals surface area contributed by atoms with Gasteiger partial charge in [-0.2, -0.15) is 0 Å². The number of alkyl halides is 1. The average Bonchev–Trinajstić information content (AvgIpc) is 2.03. The smallest absolute Gasteiger partial charge is 0.0212 e. The Hall–Kier alpha value is 0.220. The molecule has 0 aromatic carbocycles. The molecule has 0 bridgehead atoms. The first-order chi connectivity index (χ1) is 4.93. The zero-order chi connectivity index (χ0) is 7.23. The van der Waals surface area contributed by atoms with Crippen LogP contribution < -0.4 is 0 Å². The van der Waals surface area contributed by atoms with Gasteiger partial charge in [-0.3, -0.25) is 0 Å². The Bertz CT molecular complexity index is 101. The normalized spacial score (nSPS) is 22.1. The molecule has 0 unspecified atom stereocenters. The van der Waals surface area contributed by atoms with Crippen LogP contribution in [0.4, 0.5) is 0 Å². The van der Waals surface area contributed by atoms with Gasteiger partial charge in [0.2, 0.25) is 0 Å². The third-order valence-corrected chi connectivity index (χ3v) is 2.52. The van der Waals surface area contributed by atoms with Gasteiger partial charge in [-0.1, -0.05) is 47.3 Å². The fraction of sp³-hybridized carbons (Fsp3) is 0.778. The predicted octanol–water partition coefficient (Wildman–Crippen LogP) is 3.52. The zero-order valence-electron chi connectivity index (χ0n) is 6.35. The minimum Gasteiger partial charge on any atom is -0.0883 e. The second kappa shape index (κ2) is 4.95. The molecule has 58 valence electrons. The molecular weight excluding hydrogens is 188 g/mol. The van der Waals surface area contributed by atoms with Crippen LogP contribution in [-0.2, 0) is 0 Å². The van der Waals surface area contributed by atoms with Gasteiger partial charge in [-0.25, -0.2) is 0 Å². The monoisotopic (exact) mass is 202 g/mol. The molecule has 10 heavy (non-hydrogen) atoms. The summed E-state index contributed by atoms with van der Waals surface area (Å²) in [6.07, 6.45) is 11.8. The highest BCUT2D eigenvalue weighted by Gasteiger charge is 2.08. The van der Waals surface area contributed by atoms with E-state index in [4.69, 9.17) is 0 Å². The fourth-order valence-electron chi connectivity index (χ4n) is 1.57. The number of hydrogen-bond donors (Lipinski definition) is 0. The van der Waals surface area contributed by atoms with Gasteiger partial charge in [0.25, 0.3) is 0 Å². The van der Waals surface area contributed by atoms with Crippen LogP contribution >= 0.6 is 15.9 Å². The first kappa shape index (κ1) is 8.32. The van der Waals surface area contributed by atoms with Crippen molar-refractivity contribution in [2.75, 3.05) is 5.33 Å². The van der Waals surface area contributed by atoms with Gasteiger partial charge < -0.3 is 0 Å². The van der Waals surface area contributed by atoms with Crippen LogP contribution in [0.2, 0.25) is 0 Å². The molecule has 0 amide bonds. The van der Waals surface area contributed by atoms with Crippen LogP contribution in [0.15, 0.2) is 12.2 Å². The van der Waals surface area contributed by atoms with Gasteiger partial charge in [-0.05, 0) is 18.8 Å². The lowest BCUT2D eigenvalue weighted by atomic mass is 9.89. The molecule has 0 saturated heterocycles. The molecule has 0 aromatic rings. The van der Waals surface area contributed by atoms with Crippen LogP contribution in [0, 0.1) is 5.92 Å². The summed E-state index contributed by atoms with van der Waals surface area (Å²) in [6.45, 7) is 0. The summed E-state index contributed by atoms with van der Waals surface area (Å²) in [4.78, 5) is 0. The van der Waals surface area contributed by atoms with Crippen molar-refractivity contribution in [1.29, 1.82) is 0 Å². The Kier molecular flexibility index (Phi) is 4.12. The molecule has 1 saturated carbocycles. The lowest BCUT2D eigenvalue weighted by Crippen LogP contribution is -2.02. The van der Waals surface area contributed by atoms with Crippen molar-refractivity contribution in [2.24, 2.45) is 5.92 Å². The highest BCUT2D eigenvalue weighted by molar-refractivity contribution is 9.09. The van der Waals surface area contributed by atoms with Crippen molar-refractivity contribution in [1.82, 2.24) is 0 Å². The minimum absolute atomic E-state index is 0.895. The van der Waals surface area contributed by atoms with Gasteiger partial charge in [0, 0.05) is 5.33 Å². The maximum Gasteiger partial charge on any atom is 0.0212 e. The van der Waals surface area contributed by atoms with E-state index in [0.717, 1.165) is 11.2 Å². The molecule has 0 aliphatic heterocycles. The molecule has 0 N–H and O–H groups in total. The number of hydrogen-bond acceptors (Lipinski definition) is 0. The van der Waals surface area contributed by atoms with Crippen molar-refractivity contribution < 1.29 is 0 Å². The second-order valence-electron chi connectivity index (χ2n) is 2.98. The molecule has 1 aliphatic carbocycles. The van der Waals surface area contributed by atoms with Gasteiger partial charge >= 0.3 is 0 Å². The number of rotatable bonds is 2. The number of allylic oxidation sites excluding steroid dienone is 2. The molecule has 1 aliphatic rings. The summed E-state index contributed by atoms with van der Waals surface area (Å²) in [6, 6.07) is 0. The van der Waals surface area contributed by atoms with Crippen molar-refractivity contribution in [3.8, 4) is 0 Å². The molecule has 1 heteroatoms. The van der Waals surface area contributed by atoms with E-state index in [1.807, 2.05) is 0 Å². The summed E-state index contributed by atoms with van der Waals surface area (Å²) < 4.78 is 0. The summed E-state index contributed by atoms with van der Waals surface area (Å²) in [5.41, 5.74) is 0. The van der Waals surface area contributed by atoms with Crippen molar-refractivity contribution in [3.05, 3.63) is 12.2 Å². The Morgan fingerprint density at radius 3 is 2.50 bits per heavy atom. The second-order valence-corrected chi connectivity index (χ2v) is 3.63. The maximum atomic E-state index is 3.39. The summed E-state index contributed by atoms with van der Waals surface area (Å²) in [7, 11) is 0. The quantitative estimate of drug-likeness (QED) is 0.475. The lowest BCUT2D eigenvalue weighted by molar-refractivity contribution is 0.419. The summed E-state index contributed by atoms with van der Waals surface area (Å²) in [5, 5.41) is 1.02. The Balaban J connectivity index is 2.19. The van der Waals surface area contributed by atoms with E-state index >= 15 is 0 Å². The predicted molar refractivity (Wildman–Crippen MR) is 49.5 cm³/mol. The van der Waals surface area contributed by atoms with E-state index < -0.39 is 0 Å². The van der Waals surface area contributed by atoms with Gasteiger partial charge in [0.15, 0.2) is 0 Å².